The van der Waals surface area contributed by atoms with Crippen LogP contribution in [0.25, 0.3) is 0 Å². The van der Waals surface area contributed by atoms with E-state index in [1.165, 1.54) is 30.9 Å². The Balaban J connectivity index is 1.58. The Morgan fingerprint density at radius 3 is 2.46 bits per heavy atom. The standard InChI is InChI=1S/C21H27N3O3S/c1-28(26,27)23-20-10-6-9-19(14-20)21(25)22-15-17-7-5-8-18(13-17)16-24-11-3-2-4-12-24/h5-10,13-14,23H,2-4,11-12,15-16H2,1H3,(H,22,25). The summed E-state index contributed by atoms with van der Waals surface area (Å²) in [6, 6.07) is 14.7. The highest BCUT2D eigenvalue weighted by atomic mass is 32.2. The molecule has 0 bridgehead atoms. The number of piperidine rings is 1. The fourth-order valence-electron chi connectivity index (χ4n) is 3.44. The number of carbonyl (C=O) groups is 1. The lowest BCUT2D eigenvalue weighted by molar-refractivity contribution is 0.0951. The molecule has 1 aliphatic heterocycles. The monoisotopic (exact) mass is 401 g/mol. The number of nitrogens with one attached hydrogen (secondary N) is 2. The first-order valence-electron chi connectivity index (χ1n) is 9.55. The van der Waals surface area contributed by atoms with Gasteiger partial charge in [-0.15, -0.1) is 0 Å². The number of hydrogen-bond acceptors (Lipinski definition) is 4. The number of hydrogen-bond donors (Lipinski definition) is 2. The molecule has 28 heavy (non-hydrogen) atoms. The molecule has 1 heterocycles. The van der Waals surface area contributed by atoms with Crippen molar-refractivity contribution >= 4 is 21.6 Å². The zero-order chi connectivity index (χ0) is 20.0. The summed E-state index contributed by atoms with van der Waals surface area (Å²) < 4.78 is 25.1. The molecule has 1 fully saturated rings. The minimum absolute atomic E-state index is 0.237. The maximum atomic E-state index is 12.4. The summed E-state index contributed by atoms with van der Waals surface area (Å²) in [4.78, 5) is 14.9. The van der Waals surface area contributed by atoms with Gasteiger partial charge in [-0.1, -0.05) is 36.8 Å². The highest BCUT2D eigenvalue weighted by Gasteiger charge is 2.11. The van der Waals surface area contributed by atoms with Crippen LogP contribution >= 0.6 is 0 Å². The molecule has 7 heteroatoms. The second-order valence-corrected chi connectivity index (χ2v) is 9.04. The Hall–Kier alpha value is -2.38. The van der Waals surface area contributed by atoms with Gasteiger partial charge in [0.15, 0.2) is 0 Å². The van der Waals surface area contributed by atoms with Crippen LogP contribution in [0.3, 0.4) is 0 Å². The molecule has 0 atom stereocenters. The molecule has 150 valence electrons. The molecule has 2 aromatic rings. The van der Waals surface area contributed by atoms with E-state index < -0.39 is 10.0 Å². The van der Waals surface area contributed by atoms with Crippen LogP contribution in [-0.4, -0.2) is 38.6 Å². The van der Waals surface area contributed by atoms with Crippen LogP contribution in [0.5, 0.6) is 0 Å². The third-order valence-electron chi connectivity index (χ3n) is 4.73. The number of benzene rings is 2. The molecule has 1 amide bonds. The van der Waals surface area contributed by atoms with Gasteiger partial charge in [0, 0.05) is 24.3 Å². The van der Waals surface area contributed by atoms with Crippen molar-refractivity contribution in [3.05, 3.63) is 65.2 Å². The van der Waals surface area contributed by atoms with E-state index in [0.29, 0.717) is 17.8 Å². The van der Waals surface area contributed by atoms with Crippen LogP contribution in [0, 0.1) is 0 Å². The van der Waals surface area contributed by atoms with Gasteiger partial charge >= 0.3 is 0 Å². The molecule has 1 saturated heterocycles. The molecule has 2 N–H and O–H groups in total. The van der Waals surface area contributed by atoms with Crippen LogP contribution in [0.15, 0.2) is 48.5 Å². The van der Waals surface area contributed by atoms with Crippen molar-refractivity contribution in [2.75, 3.05) is 24.1 Å². The van der Waals surface area contributed by atoms with Crippen LogP contribution in [0.4, 0.5) is 5.69 Å². The minimum atomic E-state index is -3.38. The lowest BCUT2D eigenvalue weighted by atomic mass is 10.1. The number of sulfonamides is 1. The number of anilines is 1. The summed E-state index contributed by atoms with van der Waals surface area (Å²) in [6.07, 6.45) is 4.94. The predicted octanol–water partition coefficient (Wildman–Crippen LogP) is 2.97. The summed E-state index contributed by atoms with van der Waals surface area (Å²) in [6.45, 7) is 3.68. The highest BCUT2D eigenvalue weighted by molar-refractivity contribution is 7.92. The zero-order valence-electron chi connectivity index (χ0n) is 16.1. The third-order valence-corrected chi connectivity index (χ3v) is 5.33. The fourth-order valence-corrected chi connectivity index (χ4v) is 3.99. The molecular weight excluding hydrogens is 374 g/mol. The van der Waals surface area contributed by atoms with E-state index >= 15 is 0 Å². The first-order chi connectivity index (χ1) is 13.4. The van der Waals surface area contributed by atoms with E-state index in [0.717, 1.165) is 31.5 Å². The number of amides is 1. The normalized spacial score (nSPS) is 15.2. The van der Waals surface area contributed by atoms with Gasteiger partial charge in [-0.3, -0.25) is 14.4 Å². The smallest absolute Gasteiger partial charge is 0.251 e. The topological polar surface area (TPSA) is 78.5 Å². The average Bonchev–Trinajstić information content (AvgIpc) is 2.66. The SMILES string of the molecule is CS(=O)(=O)Nc1cccc(C(=O)NCc2cccc(CN3CCCCC3)c2)c1. The molecule has 0 aliphatic carbocycles. The van der Waals surface area contributed by atoms with E-state index in [1.807, 2.05) is 12.1 Å². The van der Waals surface area contributed by atoms with Gasteiger partial charge in [0.1, 0.15) is 0 Å². The Bertz CT molecular complexity index is 922. The van der Waals surface area contributed by atoms with E-state index in [1.54, 1.807) is 18.2 Å². The van der Waals surface area contributed by atoms with Crippen molar-refractivity contribution in [3.8, 4) is 0 Å². The van der Waals surface area contributed by atoms with Crippen LogP contribution in [0.2, 0.25) is 0 Å². The number of nitrogens with zero attached hydrogens (tertiary/aromatic N) is 1. The van der Waals surface area contributed by atoms with Gasteiger partial charge in [-0.2, -0.15) is 0 Å². The van der Waals surface area contributed by atoms with Crippen molar-refractivity contribution < 1.29 is 13.2 Å². The molecule has 2 aromatic carbocycles. The van der Waals surface area contributed by atoms with Crippen molar-refractivity contribution in [1.29, 1.82) is 0 Å². The van der Waals surface area contributed by atoms with E-state index in [9.17, 15) is 13.2 Å². The summed E-state index contributed by atoms with van der Waals surface area (Å²) in [5.74, 6) is -0.237. The second kappa shape index (κ2) is 9.21. The van der Waals surface area contributed by atoms with Crippen molar-refractivity contribution in [1.82, 2.24) is 10.2 Å². The Morgan fingerprint density at radius 1 is 1.00 bits per heavy atom. The minimum Gasteiger partial charge on any atom is -0.348 e. The van der Waals surface area contributed by atoms with Crippen LogP contribution in [0.1, 0.15) is 40.7 Å². The molecule has 3 rings (SSSR count). The molecule has 0 radical (unpaired) electrons. The average molecular weight is 402 g/mol. The molecular formula is C21H27N3O3S. The highest BCUT2D eigenvalue weighted by Crippen LogP contribution is 2.15. The molecule has 0 saturated carbocycles. The lowest BCUT2D eigenvalue weighted by Gasteiger charge is -2.26. The van der Waals surface area contributed by atoms with E-state index in [2.05, 4.69) is 27.1 Å². The number of rotatable bonds is 7. The van der Waals surface area contributed by atoms with Gasteiger partial charge in [0.25, 0.3) is 5.91 Å². The Morgan fingerprint density at radius 2 is 1.71 bits per heavy atom. The third kappa shape index (κ3) is 6.35. The van der Waals surface area contributed by atoms with Gasteiger partial charge < -0.3 is 5.32 Å². The summed E-state index contributed by atoms with van der Waals surface area (Å²) in [5.41, 5.74) is 3.10. The molecule has 0 unspecified atom stereocenters. The van der Waals surface area contributed by atoms with Gasteiger partial charge in [0.2, 0.25) is 10.0 Å². The second-order valence-electron chi connectivity index (χ2n) is 7.29. The quantitative estimate of drug-likeness (QED) is 0.748. The molecule has 0 aromatic heterocycles. The first-order valence-corrected chi connectivity index (χ1v) is 11.4. The zero-order valence-corrected chi connectivity index (χ0v) is 17.0. The van der Waals surface area contributed by atoms with Gasteiger partial charge in [-0.25, -0.2) is 8.42 Å². The van der Waals surface area contributed by atoms with Gasteiger partial charge in [-0.05, 0) is 55.3 Å². The largest absolute Gasteiger partial charge is 0.348 e. The van der Waals surface area contributed by atoms with E-state index in [-0.39, 0.29) is 5.91 Å². The summed E-state index contributed by atoms with van der Waals surface area (Å²) in [7, 11) is -3.38. The van der Waals surface area contributed by atoms with Crippen LogP contribution in [-0.2, 0) is 23.1 Å². The maximum absolute atomic E-state index is 12.4. The van der Waals surface area contributed by atoms with Crippen LogP contribution < -0.4 is 10.0 Å². The molecule has 0 spiro atoms. The van der Waals surface area contributed by atoms with Gasteiger partial charge in [0.05, 0.1) is 6.26 Å². The fraction of sp³-hybridized carbons (Fsp3) is 0.381. The lowest BCUT2D eigenvalue weighted by Crippen LogP contribution is -2.29. The molecule has 1 aliphatic rings. The van der Waals surface area contributed by atoms with E-state index in [4.69, 9.17) is 0 Å². The summed E-state index contributed by atoms with van der Waals surface area (Å²) in [5, 5.41) is 2.91. The summed E-state index contributed by atoms with van der Waals surface area (Å²) >= 11 is 0. The maximum Gasteiger partial charge on any atom is 0.251 e. The first kappa shape index (κ1) is 20.4. The van der Waals surface area contributed by atoms with Crippen molar-refractivity contribution in [3.63, 3.8) is 0 Å². The number of likely N-dealkylation sites (tertiary alicyclic amines) is 1. The number of carbonyl (C=O) groups excluding carboxylic acids is 1. The molecule has 6 nitrogen and oxygen atoms in total. The Kier molecular flexibility index (Phi) is 6.70. The Labute approximate surface area is 167 Å². The van der Waals surface area contributed by atoms with Crippen molar-refractivity contribution in [2.45, 2.75) is 32.4 Å². The predicted molar refractivity (Wildman–Crippen MR) is 112 cm³/mol. The van der Waals surface area contributed by atoms with Crippen molar-refractivity contribution in [2.24, 2.45) is 0 Å².